The van der Waals surface area contributed by atoms with Crippen LogP contribution in [0, 0.1) is 0 Å². The van der Waals surface area contributed by atoms with Crippen LogP contribution in [0.2, 0.25) is 5.15 Å². The second kappa shape index (κ2) is 3.59. The van der Waals surface area contributed by atoms with Crippen LogP contribution >= 0.6 is 11.6 Å². The first-order valence-electron chi connectivity index (χ1n) is 3.95. The molecule has 0 aliphatic heterocycles. The quantitative estimate of drug-likeness (QED) is 0.723. The van der Waals surface area contributed by atoms with Crippen LogP contribution < -0.4 is 5.73 Å². The van der Waals surface area contributed by atoms with Gasteiger partial charge in [-0.05, 0) is 12.1 Å². The maximum Gasteiger partial charge on any atom is 0.141 e. The van der Waals surface area contributed by atoms with E-state index < -0.39 is 0 Å². The van der Waals surface area contributed by atoms with Crippen molar-refractivity contribution >= 4 is 17.4 Å². The molecule has 70 valence electrons. The predicted molar refractivity (Wildman–Crippen MR) is 54.7 cm³/mol. The predicted octanol–water partition coefficient (Wildman–Crippen LogP) is 1.77. The molecule has 14 heavy (non-hydrogen) atoms. The summed E-state index contributed by atoms with van der Waals surface area (Å²) in [5, 5.41) is 0.432. The number of nitrogens with zero attached hydrogens (tertiary/aromatic N) is 3. The Labute approximate surface area is 85.8 Å². The van der Waals surface area contributed by atoms with Crippen molar-refractivity contribution in [2.45, 2.75) is 0 Å². The first-order valence-corrected chi connectivity index (χ1v) is 4.33. The van der Waals surface area contributed by atoms with Crippen molar-refractivity contribution in [3.8, 4) is 11.3 Å². The van der Waals surface area contributed by atoms with Gasteiger partial charge in [0.2, 0.25) is 0 Å². The first-order chi connectivity index (χ1) is 6.75. The second-order valence-electron chi connectivity index (χ2n) is 2.69. The fraction of sp³-hybridized carbons (Fsp3) is 0. The van der Waals surface area contributed by atoms with Gasteiger partial charge in [0.1, 0.15) is 11.0 Å². The van der Waals surface area contributed by atoms with Crippen molar-refractivity contribution in [2.24, 2.45) is 0 Å². The average molecular weight is 207 g/mol. The molecule has 0 amide bonds. The van der Waals surface area contributed by atoms with Crippen LogP contribution in [-0.4, -0.2) is 15.0 Å². The fourth-order valence-corrected chi connectivity index (χ4v) is 1.22. The number of nitrogen functional groups attached to an aromatic ring is 1. The van der Waals surface area contributed by atoms with Gasteiger partial charge in [0.05, 0.1) is 18.1 Å². The van der Waals surface area contributed by atoms with Gasteiger partial charge in [-0.3, -0.25) is 4.98 Å². The highest BCUT2D eigenvalue weighted by atomic mass is 35.5. The lowest BCUT2D eigenvalue weighted by molar-refractivity contribution is 1.21. The molecule has 0 aliphatic rings. The molecular formula is C9H7ClN4. The molecule has 0 aliphatic carbocycles. The van der Waals surface area contributed by atoms with Crippen LogP contribution in [-0.2, 0) is 0 Å². The van der Waals surface area contributed by atoms with E-state index in [2.05, 4.69) is 15.0 Å². The third kappa shape index (κ3) is 1.80. The van der Waals surface area contributed by atoms with Crippen molar-refractivity contribution in [2.75, 3.05) is 5.73 Å². The number of aromatic nitrogens is 3. The molecule has 4 nitrogen and oxygen atoms in total. The van der Waals surface area contributed by atoms with Gasteiger partial charge in [-0.2, -0.15) is 0 Å². The van der Waals surface area contributed by atoms with E-state index in [9.17, 15) is 0 Å². The molecule has 0 fully saturated rings. The van der Waals surface area contributed by atoms with E-state index in [1.807, 2.05) is 6.07 Å². The fourth-order valence-electron chi connectivity index (χ4n) is 1.05. The Morgan fingerprint density at radius 3 is 2.64 bits per heavy atom. The Bertz CT molecular complexity index is 441. The third-order valence-corrected chi connectivity index (χ3v) is 1.90. The second-order valence-corrected chi connectivity index (χ2v) is 3.08. The Kier molecular flexibility index (Phi) is 2.28. The zero-order chi connectivity index (χ0) is 9.97. The van der Waals surface area contributed by atoms with Gasteiger partial charge in [0.15, 0.2) is 0 Å². The summed E-state index contributed by atoms with van der Waals surface area (Å²) in [6.07, 6.45) is 4.72. The molecule has 2 N–H and O–H groups in total. The zero-order valence-corrected chi connectivity index (χ0v) is 7.94. The van der Waals surface area contributed by atoms with E-state index in [1.54, 1.807) is 18.5 Å². The minimum atomic E-state index is 0.397. The van der Waals surface area contributed by atoms with Crippen molar-refractivity contribution < 1.29 is 0 Å². The lowest BCUT2D eigenvalue weighted by Gasteiger charge is -1.99. The first kappa shape index (κ1) is 8.90. The highest BCUT2D eigenvalue weighted by Crippen LogP contribution is 2.18. The van der Waals surface area contributed by atoms with Crippen molar-refractivity contribution in [3.05, 3.63) is 35.9 Å². The van der Waals surface area contributed by atoms with E-state index in [0.29, 0.717) is 11.0 Å². The molecule has 5 heteroatoms. The topological polar surface area (TPSA) is 64.7 Å². The van der Waals surface area contributed by atoms with E-state index >= 15 is 0 Å². The number of halogens is 1. The lowest BCUT2D eigenvalue weighted by atomic mass is 10.2. The SMILES string of the molecule is Nc1cnc(-c2ccnc(Cl)c2)cn1. The van der Waals surface area contributed by atoms with E-state index in [4.69, 9.17) is 17.3 Å². The smallest absolute Gasteiger partial charge is 0.141 e. The van der Waals surface area contributed by atoms with Crippen molar-refractivity contribution in [3.63, 3.8) is 0 Å². The van der Waals surface area contributed by atoms with Crippen molar-refractivity contribution in [1.82, 2.24) is 15.0 Å². The van der Waals surface area contributed by atoms with Crippen LogP contribution in [0.15, 0.2) is 30.7 Å². The van der Waals surface area contributed by atoms with Gasteiger partial charge < -0.3 is 5.73 Å². The van der Waals surface area contributed by atoms with Crippen LogP contribution in [0.3, 0.4) is 0 Å². The molecule has 0 saturated heterocycles. The molecule has 0 atom stereocenters. The Hall–Kier alpha value is -1.68. The summed E-state index contributed by atoms with van der Waals surface area (Å²) in [7, 11) is 0. The Morgan fingerprint density at radius 2 is 2.00 bits per heavy atom. The number of rotatable bonds is 1. The summed E-state index contributed by atoms with van der Waals surface area (Å²) in [5.41, 5.74) is 7.02. The van der Waals surface area contributed by atoms with E-state index in [0.717, 1.165) is 11.3 Å². The van der Waals surface area contributed by atoms with Crippen LogP contribution in [0.1, 0.15) is 0 Å². The number of nitrogens with two attached hydrogens (primary N) is 1. The Morgan fingerprint density at radius 1 is 1.14 bits per heavy atom. The lowest BCUT2D eigenvalue weighted by Crippen LogP contribution is -1.92. The average Bonchev–Trinajstić information content (AvgIpc) is 2.19. The number of hydrogen-bond donors (Lipinski definition) is 1. The largest absolute Gasteiger partial charge is 0.382 e. The standard InChI is InChI=1S/C9H7ClN4/c10-8-3-6(1-2-12-8)7-4-14-9(11)5-13-7/h1-5H,(H2,11,14). The Balaban J connectivity index is 2.44. The molecule has 0 radical (unpaired) electrons. The highest BCUT2D eigenvalue weighted by Gasteiger charge is 2.00. The molecule has 0 aromatic carbocycles. The van der Waals surface area contributed by atoms with Gasteiger partial charge in [-0.15, -0.1) is 0 Å². The van der Waals surface area contributed by atoms with Crippen molar-refractivity contribution in [1.29, 1.82) is 0 Å². The summed E-state index contributed by atoms with van der Waals surface area (Å²) in [6.45, 7) is 0. The molecule has 2 rings (SSSR count). The molecule has 0 unspecified atom stereocenters. The van der Waals surface area contributed by atoms with E-state index in [1.165, 1.54) is 6.20 Å². The summed E-state index contributed by atoms with van der Waals surface area (Å²) in [5.74, 6) is 0.397. The molecule has 2 aromatic heterocycles. The van der Waals surface area contributed by atoms with E-state index in [-0.39, 0.29) is 0 Å². The molecule has 2 heterocycles. The van der Waals surface area contributed by atoms with Crippen LogP contribution in [0.25, 0.3) is 11.3 Å². The van der Waals surface area contributed by atoms with Gasteiger partial charge in [0.25, 0.3) is 0 Å². The third-order valence-electron chi connectivity index (χ3n) is 1.69. The minimum absolute atomic E-state index is 0.397. The molecule has 0 spiro atoms. The molecule has 0 saturated carbocycles. The van der Waals surface area contributed by atoms with Gasteiger partial charge >= 0.3 is 0 Å². The van der Waals surface area contributed by atoms with Crippen LogP contribution in [0.5, 0.6) is 0 Å². The molecular weight excluding hydrogens is 200 g/mol. The monoisotopic (exact) mass is 206 g/mol. The molecule has 2 aromatic rings. The maximum absolute atomic E-state index is 5.74. The maximum atomic E-state index is 5.74. The molecule has 0 bridgehead atoms. The minimum Gasteiger partial charge on any atom is -0.382 e. The summed E-state index contributed by atoms with van der Waals surface area (Å²) >= 11 is 5.74. The number of pyridine rings is 1. The summed E-state index contributed by atoms with van der Waals surface area (Å²) in [6, 6.07) is 3.54. The van der Waals surface area contributed by atoms with Gasteiger partial charge in [0, 0.05) is 11.8 Å². The number of hydrogen-bond acceptors (Lipinski definition) is 4. The van der Waals surface area contributed by atoms with Gasteiger partial charge in [-0.1, -0.05) is 11.6 Å². The zero-order valence-electron chi connectivity index (χ0n) is 7.18. The number of anilines is 1. The summed E-state index contributed by atoms with van der Waals surface area (Å²) in [4.78, 5) is 11.9. The highest BCUT2D eigenvalue weighted by molar-refractivity contribution is 6.29. The summed E-state index contributed by atoms with van der Waals surface area (Å²) < 4.78 is 0. The van der Waals surface area contributed by atoms with Crippen LogP contribution in [0.4, 0.5) is 5.82 Å². The van der Waals surface area contributed by atoms with Gasteiger partial charge in [-0.25, -0.2) is 9.97 Å². The normalized spacial score (nSPS) is 10.1.